The Morgan fingerprint density at radius 1 is 1.17 bits per heavy atom. The molecule has 3 aromatic rings. The van der Waals surface area contributed by atoms with Crippen LogP contribution in [0.2, 0.25) is 0 Å². The minimum atomic E-state index is -1.38. The summed E-state index contributed by atoms with van der Waals surface area (Å²) in [6.45, 7) is 5.72. The minimum absolute atomic E-state index is 0.00269. The summed E-state index contributed by atoms with van der Waals surface area (Å²) < 4.78 is 15.6. The van der Waals surface area contributed by atoms with Gasteiger partial charge < -0.3 is 30.2 Å². The zero-order valence-electron chi connectivity index (χ0n) is 23.3. The number of rotatable bonds is 11. The maximum Gasteiger partial charge on any atom is 0.405 e. The van der Waals surface area contributed by atoms with Crippen molar-refractivity contribution in [3.05, 3.63) is 76.1 Å². The molecule has 0 saturated carbocycles. The fourth-order valence-electron chi connectivity index (χ4n) is 5.09. The predicted molar refractivity (Wildman–Crippen MR) is 154 cm³/mol. The highest BCUT2D eigenvalue weighted by Gasteiger charge is 2.22. The van der Waals surface area contributed by atoms with Crippen LogP contribution >= 0.6 is 0 Å². The topological polar surface area (TPSA) is 137 Å². The summed E-state index contributed by atoms with van der Waals surface area (Å²) in [6, 6.07) is 6.70. The highest BCUT2D eigenvalue weighted by molar-refractivity contribution is 5.96. The molecule has 1 fully saturated rings. The summed E-state index contributed by atoms with van der Waals surface area (Å²) in [6.07, 6.45) is 6.32. The second-order valence-electron chi connectivity index (χ2n) is 10.8. The molecule has 0 aliphatic carbocycles. The van der Waals surface area contributed by atoms with Crippen LogP contribution in [0.3, 0.4) is 0 Å². The number of nitrogens with zero attached hydrogens (tertiary/aromatic N) is 2. The number of aromatic amines is 1. The van der Waals surface area contributed by atoms with E-state index in [1.807, 2.05) is 0 Å². The number of hydrogen-bond acceptors (Lipinski definition) is 4. The molecule has 4 rings (SSSR count). The average molecular weight is 566 g/mol. The number of hydrogen-bond donors (Lipinski definition) is 4. The van der Waals surface area contributed by atoms with Gasteiger partial charge in [-0.3, -0.25) is 14.4 Å². The lowest BCUT2D eigenvalue weighted by atomic mass is 10.0. The molecule has 41 heavy (non-hydrogen) atoms. The molecule has 1 aliphatic rings. The van der Waals surface area contributed by atoms with E-state index >= 15 is 0 Å². The number of fused-ring (bicyclic) bond motifs is 1. The van der Waals surface area contributed by atoms with Crippen LogP contribution in [0.5, 0.6) is 0 Å². The Morgan fingerprint density at radius 2 is 1.93 bits per heavy atom. The Morgan fingerprint density at radius 3 is 2.63 bits per heavy atom. The summed E-state index contributed by atoms with van der Waals surface area (Å²) in [4.78, 5) is 54.7. The van der Waals surface area contributed by atoms with Gasteiger partial charge in [-0.15, -0.1) is 0 Å². The maximum absolute atomic E-state index is 14.2. The average Bonchev–Trinajstić information content (AvgIpc) is 3.58. The molecular weight excluding hydrogens is 529 g/mol. The second-order valence-corrected chi connectivity index (χ2v) is 10.8. The molecule has 1 atom stereocenters. The number of carbonyl (C=O) groups is 3. The molecule has 11 heteroatoms. The summed E-state index contributed by atoms with van der Waals surface area (Å²) in [5.41, 5.74) is 1.91. The molecule has 10 nitrogen and oxygen atoms in total. The SMILES string of the molecule is CC(C)Cc1cc(F)cc2cc(Cn3cccc(NC(=O)[C@H](CC/C=C/C(=O)N4CCCC4)NC(=O)O)c3=O)[nH]c12. The number of aromatic nitrogens is 2. The highest BCUT2D eigenvalue weighted by Crippen LogP contribution is 2.24. The molecule has 0 radical (unpaired) electrons. The van der Waals surface area contributed by atoms with Crippen molar-refractivity contribution in [2.24, 2.45) is 5.92 Å². The van der Waals surface area contributed by atoms with Gasteiger partial charge in [-0.25, -0.2) is 9.18 Å². The molecule has 2 aromatic heterocycles. The number of benzene rings is 1. The molecule has 3 heterocycles. The molecule has 218 valence electrons. The van der Waals surface area contributed by atoms with Gasteiger partial charge in [0.2, 0.25) is 11.8 Å². The monoisotopic (exact) mass is 565 g/mol. The fraction of sp³-hybridized carbons (Fsp3) is 0.400. The van der Waals surface area contributed by atoms with E-state index in [0.29, 0.717) is 23.4 Å². The van der Waals surface area contributed by atoms with Crippen LogP contribution in [0.15, 0.2) is 53.5 Å². The molecule has 0 spiro atoms. The van der Waals surface area contributed by atoms with Crippen molar-refractivity contribution in [3.8, 4) is 0 Å². The third-order valence-electron chi connectivity index (χ3n) is 6.99. The van der Waals surface area contributed by atoms with Crippen LogP contribution in [0.4, 0.5) is 14.9 Å². The van der Waals surface area contributed by atoms with Crippen molar-refractivity contribution < 1.29 is 23.9 Å². The van der Waals surface area contributed by atoms with Gasteiger partial charge in [0.25, 0.3) is 5.56 Å². The van der Waals surface area contributed by atoms with Crippen molar-refractivity contribution in [1.29, 1.82) is 0 Å². The van der Waals surface area contributed by atoms with Gasteiger partial charge in [0.15, 0.2) is 0 Å². The Labute approximate surface area is 237 Å². The number of allylic oxidation sites excluding steroid dienone is 1. The van der Waals surface area contributed by atoms with E-state index in [1.54, 1.807) is 29.3 Å². The van der Waals surface area contributed by atoms with E-state index in [-0.39, 0.29) is 36.8 Å². The summed E-state index contributed by atoms with van der Waals surface area (Å²) in [5.74, 6) is -0.766. The molecule has 1 saturated heterocycles. The van der Waals surface area contributed by atoms with Gasteiger partial charge in [-0.05, 0) is 80.0 Å². The standard InChI is InChI=1S/C30H36FN5O5/c1-19(2)14-20-15-22(31)16-21-17-23(32-27(20)21)18-36-13-7-9-25(29(36)39)33-28(38)24(34-30(40)41)8-3-4-10-26(37)35-11-5-6-12-35/h4,7,9-10,13,15-17,19,24,32,34H,3,5-6,8,11-12,14,18H2,1-2H3,(H,33,38)(H,40,41)/b10-4+/t24-/m0/s1. The van der Waals surface area contributed by atoms with Crippen molar-refractivity contribution in [1.82, 2.24) is 19.8 Å². The first kappa shape index (κ1) is 29.6. The van der Waals surface area contributed by atoms with Gasteiger partial charge in [0.05, 0.1) is 6.54 Å². The first-order valence-electron chi connectivity index (χ1n) is 13.9. The smallest absolute Gasteiger partial charge is 0.405 e. The third-order valence-corrected chi connectivity index (χ3v) is 6.99. The van der Waals surface area contributed by atoms with Gasteiger partial charge in [-0.2, -0.15) is 0 Å². The molecule has 4 N–H and O–H groups in total. The first-order chi connectivity index (χ1) is 19.6. The summed E-state index contributed by atoms with van der Waals surface area (Å²) >= 11 is 0. The highest BCUT2D eigenvalue weighted by atomic mass is 19.1. The molecular formula is C30H36FN5O5. The Kier molecular flexibility index (Phi) is 9.59. The van der Waals surface area contributed by atoms with Crippen molar-refractivity contribution in [2.45, 2.75) is 58.5 Å². The van der Waals surface area contributed by atoms with Gasteiger partial charge >= 0.3 is 6.09 Å². The van der Waals surface area contributed by atoms with Crippen molar-refractivity contribution >= 4 is 34.5 Å². The quantitative estimate of drug-likeness (QED) is 0.258. The molecule has 3 amide bonds. The van der Waals surface area contributed by atoms with E-state index in [4.69, 9.17) is 0 Å². The number of likely N-dealkylation sites (tertiary alicyclic amines) is 1. The summed E-state index contributed by atoms with van der Waals surface area (Å²) in [7, 11) is 0. The van der Waals surface area contributed by atoms with Crippen molar-refractivity contribution in [2.75, 3.05) is 18.4 Å². The molecule has 0 unspecified atom stereocenters. The fourth-order valence-corrected chi connectivity index (χ4v) is 5.09. The lowest BCUT2D eigenvalue weighted by molar-refractivity contribution is -0.125. The van der Waals surface area contributed by atoms with E-state index in [1.165, 1.54) is 28.8 Å². The zero-order valence-corrected chi connectivity index (χ0v) is 23.3. The number of pyridine rings is 1. The Hall–Kier alpha value is -4.41. The van der Waals surface area contributed by atoms with Crippen LogP contribution in [-0.4, -0.2) is 56.6 Å². The van der Waals surface area contributed by atoms with Crippen LogP contribution in [0, 0.1) is 11.7 Å². The van der Waals surface area contributed by atoms with Crippen LogP contribution in [-0.2, 0) is 22.6 Å². The normalized spacial score (nSPS) is 14.2. The number of carbonyl (C=O) groups excluding carboxylic acids is 2. The second kappa shape index (κ2) is 13.3. The lowest BCUT2D eigenvalue weighted by Crippen LogP contribution is -2.44. The molecule has 1 aromatic carbocycles. The lowest BCUT2D eigenvalue weighted by Gasteiger charge is -2.16. The van der Waals surface area contributed by atoms with E-state index in [2.05, 4.69) is 29.5 Å². The number of nitrogens with one attached hydrogen (secondary N) is 3. The van der Waals surface area contributed by atoms with Crippen LogP contribution in [0.1, 0.15) is 50.8 Å². The van der Waals surface area contributed by atoms with Crippen LogP contribution in [0.25, 0.3) is 10.9 Å². The number of carboxylic acid groups (broad SMARTS) is 1. The molecule has 0 bridgehead atoms. The zero-order chi connectivity index (χ0) is 29.5. The van der Waals surface area contributed by atoms with Crippen LogP contribution < -0.4 is 16.2 Å². The van der Waals surface area contributed by atoms with Gasteiger partial charge in [0.1, 0.15) is 17.5 Å². The molecule has 1 aliphatic heterocycles. The van der Waals surface area contributed by atoms with Gasteiger partial charge in [0, 0.05) is 35.9 Å². The Balaban J connectivity index is 1.44. The Bertz CT molecular complexity index is 1500. The predicted octanol–water partition coefficient (Wildman–Crippen LogP) is 4.25. The van der Waals surface area contributed by atoms with Crippen molar-refractivity contribution in [3.63, 3.8) is 0 Å². The number of anilines is 1. The number of halogens is 1. The largest absolute Gasteiger partial charge is 0.465 e. The first-order valence-corrected chi connectivity index (χ1v) is 13.9. The number of amides is 3. The van der Waals surface area contributed by atoms with E-state index < -0.39 is 23.6 Å². The third kappa shape index (κ3) is 7.84. The number of H-pyrrole nitrogens is 1. The van der Waals surface area contributed by atoms with E-state index in [9.17, 15) is 28.7 Å². The van der Waals surface area contributed by atoms with E-state index in [0.717, 1.165) is 37.0 Å². The van der Waals surface area contributed by atoms with Gasteiger partial charge in [-0.1, -0.05) is 19.9 Å². The minimum Gasteiger partial charge on any atom is -0.465 e. The maximum atomic E-state index is 14.2. The summed E-state index contributed by atoms with van der Waals surface area (Å²) in [5, 5.41) is 14.7.